The smallest absolute Gasteiger partial charge is 0.234 e. The summed E-state index contributed by atoms with van der Waals surface area (Å²) in [4.78, 5) is 13.9. The number of hydrogen-bond acceptors (Lipinski definition) is 5. The third kappa shape index (κ3) is 5.12. The molecule has 2 N–H and O–H groups in total. The van der Waals surface area contributed by atoms with Crippen molar-refractivity contribution in [2.75, 3.05) is 37.4 Å². The van der Waals surface area contributed by atoms with Gasteiger partial charge in [-0.25, -0.2) is 0 Å². The fraction of sp³-hybridized carbons (Fsp3) is 0.550. The van der Waals surface area contributed by atoms with Crippen molar-refractivity contribution < 1.29 is 14.4 Å². The molecular weight excluding hydrogens is 374 g/mol. The molecule has 2 aromatic rings. The summed E-state index contributed by atoms with van der Waals surface area (Å²) in [6.45, 7) is 5.77. The highest BCUT2D eigenvalue weighted by Crippen LogP contribution is 2.22. The Bertz CT molecular complexity index is 786. The number of ether oxygens (including phenoxy) is 1. The molecule has 3 heterocycles. The second-order valence-corrected chi connectivity index (χ2v) is 8.38. The van der Waals surface area contributed by atoms with Crippen molar-refractivity contribution in [3.05, 3.63) is 35.7 Å². The van der Waals surface area contributed by atoms with E-state index in [4.69, 9.17) is 4.74 Å². The zero-order valence-electron chi connectivity index (χ0n) is 16.2. The number of carbonyl (C=O) groups is 1. The largest absolute Gasteiger partial charge is 0.370 e. The van der Waals surface area contributed by atoms with Gasteiger partial charge in [0, 0.05) is 24.2 Å². The number of thioether (sulfide) groups is 1. The SMILES string of the molecule is O=C(CSc1nnc2n1CCCCC2)Nc1ccc(C[NH+]2CCOCC2)cc1. The standard InChI is InChI=1S/C20H27N5O2S/c26-19(15-28-20-23-22-18-4-2-1-3-9-25(18)20)21-17-7-5-16(6-8-17)14-24-10-12-27-13-11-24/h5-8H,1-4,9-15H2,(H,21,26)/p+1. The molecule has 2 aliphatic heterocycles. The number of amides is 1. The number of anilines is 1. The summed E-state index contributed by atoms with van der Waals surface area (Å²) in [6.07, 6.45) is 4.55. The van der Waals surface area contributed by atoms with Crippen LogP contribution in [0.2, 0.25) is 0 Å². The van der Waals surface area contributed by atoms with Gasteiger partial charge in [-0.05, 0) is 25.0 Å². The van der Waals surface area contributed by atoms with Gasteiger partial charge in [-0.2, -0.15) is 0 Å². The summed E-state index contributed by atoms with van der Waals surface area (Å²) in [5, 5.41) is 12.4. The molecule has 4 rings (SSSR count). The van der Waals surface area contributed by atoms with E-state index in [9.17, 15) is 4.79 Å². The van der Waals surface area contributed by atoms with Crippen LogP contribution in [-0.2, 0) is 29.0 Å². The van der Waals surface area contributed by atoms with E-state index < -0.39 is 0 Å². The molecule has 150 valence electrons. The lowest BCUT2D eigenvalue weighted by Crippen LogP contribution is -3.12. The minimum Gasteiger partial charge on any atom is -0.370 e. The van der Waals surface area contributed by atoms with E-state index >= 15 is 0 Å². The summed E-state index contributed by atoms with van der Waals surface area (Å²) >= 11 is 1.47. The first-order valence-electron chi connectivity index (χ1n) is 10.1. The number of aromatic nitrogens is 3. The van der Waals surface area contributed by atoms with Crippen molar-refractivity contribution in [3.63, 3.8) is 0 Å². The van der Waals surface area contributed by atoms with E-state index in [0.29, 0.717) is 5.75 Å². The fourth-order valence-corrected chi connectivity index (χ4v) is 4.51. The summed E-state index contributed by atoms with van der Waals surface area (Å²) in [5.41, 5.74) is 2.13. The maximum absolute atomic E-state index is 12.3. The van der Waals surface area contributed by atoms with Crippen molar-refractivity contribution >= 4 is 23.4 Å². The van der Waals surface area contributed by atoms with Crippen LogP contribution < -0.4 is 10.2 Å². The molecule has 0 bridgehead atoms. The first kappa shape index (κ1) is 19.4. The van der Waals surface area contributed by atoms with Crippen LogP contribution in [0.25, 0.3) is 0 Å². The monoisotopic (exact) mass is 402 g/mol. The van der Waals surface area contributed by atoms with Crippen LogP contribution in [0.15, 0.2) is 29.4 Å². The van der Waals surface area contributed by atoms with Crippen molar-refractivity contribution in [2.24, 2.45) is 0 Å². The highest BCUT2D eigenvalue weighted by atomic mass is 32.2. The average molecular weight is 403 g/mol. The van der Waals surface area contributed by atoms with Gasteiger partial charge in [0.25, 0.3) is 0 Å². The van der Waals surface area contributed by atoms with Crippen molar-refractivity contribution in [3.8, 4) is 0 Å². The molecule has 0 aliphatic carbocycles. The van der Waals surface area contributed by atoms with Crippen LogP contribution >= 0.6 is 11.8 Å². The van der Waals surface area contributed by atoms with Gasteiger partial charge in [-0.1, -0.05) is 30.3 Å². The zero-order chi connectivity index (χ0) is 19.2. The number of morpholine rings is 1. The molecule has 0 atom stereocenters. The van der Waals surface area contributed by atoms with E-state index in [0.717, 1.165) is 68.9 Å². The number of rotatable bonds is 6. The number of quaternary nitrogens is 1. The van der Waals surface area contributed by atoms with Crippen LogP contribution in [0.1, 0.15) is 30.7 Å². The molecule has 0 radical (unpaired) electrons. The number of carbonyl (C=O) groups excluding carboxylic acids is 1. The third-order valence-corrected chi connectivity index (χ3v) is 6.27. The molecule has 0 unspecified atom stereocenters. The summed E-state index contributed by atoms with van der Waals surface area (Å²) in [5.74, 6) is 1.39. The summed E-state index contributed by atoms with van der Waals surface area (Å²) < 4.78 is 7.58. The highest BCUT2D eigenvalue weighted by Gasteiger charge is 2.17. The molecular formula is C20H28N5O2S+. The molecule has 0 saturated carbocycles. The van der Waals surface area contributed by atoms with Gasteiger partial charge in [0.1, 0.15) is 25.5 Å². The van der Waals surface area contributed by atoms with Crippen LogP contribution in [0.5, 0.6) is 0 Å². The lowest BCUT2D eigenvalue weighted by atomic mass is 10.2. The molecule has 28 heavy (non-hydrogen) atoms. The summed E-state index contributed by atoms with van der Waals surface area (Å²) in [7, 11) is 0. The normalized spacial score (nSPS) is 17.7. The molecule has 2 aliphatic rings. The summed E-state index contributed by atoms with van der Waals surface area (Å²) in [6, 6.07) is 8.18. The Morgan fingerprint density at radius 3 is 2.79 bits per heavy atom. The minimum absolute atomic E-state index is 0.0115. The Morgan fingerprint density at radius 2 is 1.96 bits per heavy atom. The van der Waals surface area contributed by atoms with Gasteiger partial charge in [-0.3, -0.25) is 4.79 Å². The number of nitrogens with zero attached hydrogens (tertiary/aromatic N) is 3. The van der Waals surface area contributed by atoms with Crippen LogP contribution in [-0.4, -0.2) is 52.7 Å². The van der Waals surface area contributed by atoms with E-state index in [2.05, 4.69) is 32.2 Å². The van der Waals surface area contributed by atoms with Gasteiger partial charge in [0.05, 0.1) is 19.0 Å². The van der Waals surface area contributed by atoms with Crippen LogP contribution in [0.3, 0.4) is 0 Å². The molecule has 1 aromatic heterocycles. The second kappa shape index (κ2) is 9.54. The predicted octanol–water partition coefficient (Wildman–Crippen LogP) is 1.15. The molecule has 7 nitrogen and oxygen atoms in total. The number of fused-ring (bicyclic) bond motifs is 1. The Hall–Kier alpha value is -1.90. The van der Waals surface area contributed by atoms with Gasteiger partial charge in [-0.15, -0.1) is 10.2 Å². The number of hydrogen-bond donors (Lipinski definition) is 2. The lowest BCUT2D eigenvalue weighted by molar-refractivity contribution is -0.921. The third-order valence-electron chi connectivity index (χ3n) is 5.30. The van der Waals surface area contributed by atoms with Gasteiger partial charge < -0.3 is 19.5 Å². The first-order chi connectivity index (χ1) is 13.8. The van der Waals surface area contributed by atoms with Crippen molar-refractivity contribution in [1.82, 2.24) is 14.8 Å². The Kier molecular flexibility index (Phi) is 6.61. The van der Waals surface area contributed by atoms with Crippen molar-refractivity contribution in [1.29, 1.82) is 0 Å². The predicted molar refractivity (Wildman–Crippen MR) is 109 cm³/mol. The number of nitrogens with one attached hydrogen (secondary N) is 2. The van der Waals surface area contributed by atoms with E-state index in [1.165, 1.54) is 30.2 Å². The zero-order valence-corrected chi connectivity index (χ0v) is 17.0. The Labute approximate surface area is 169 Å². The molecule has 0 spiro atoms. The van der Waals surface area contributed by atoms with E-state index in [1.807, 2.05) is 12.1 Å². The Balaban J connectivity index is 1.26. The Morgan fingerprint density at radius 1 is 1.14 bits per heavy atom. The highest BCUT2D eigenvalue weighted by molar-refractivity contribution is 7.99. The first-order valence-corrected chi connectivity index (χ1v) is 11.1. The van der Waals surface area contributed by atoms with Gasteiger partial charge in [0.2, 0.25) is 5.91 Å². The van der Waals surface area contributed by atoms with Gasteiger partial charge >= 0.3 is 0 Å². The minimum atomic E-state index is -0.0115. The molecule has 8 heteroatoms. The topological polar surface area (TPSA) is 73.5 Å². The maximum Gasteiger partial charge on any atom is 0.234 e. The van der Waals surface area contributed by atoms with Gasteiger partial charge in [0.15, 0.2) is 5.16 Å². The lowest BCUT2D eigenvalue weighted by Gasteiger charge is -2.23. The molecule has 1 saturated heterocycles. The molecule has 1 fully saturated rings. The second-order valence-electron chi connectivity index (χ2n) is 7.43. The maximum atomic E-state index is 12.3. The number of benzene rings is 1. The fourth-order valence-electron chi connectivity index (χ4n) is 3.72. The van der Waals surface area contributed by atoms with E-state index in [1.54, 1.807) is 4.90 Å². The molecule has 1 amide bonds. The van der Waals surface area contributed by atoms with Crippen LogP contribution in [0.4, 0.5) is 5.69 Å². The quantitative estimate of drug-likeness (QED) is 0.709. The van der Waals surface area contributed by atoms with Crippen molar-refractivity contribution in [2.45, 2.75) is 43.9 Å². The number of aryl methyl sites for hydroxylation is 1. The average Bonchev–Trinajstić information content (AvgIpc) is 2.95. The molecule has 1 aromatic carbocycles. The van der Waals surface area contributed by atoms with Crippen LogP contribution in [0, 0.1) is 0 Å². The van der Waals surface area contributed by atoms with E-state index in [-0.39, 0.29) is 5.91 Å².